The van der Waals surface area contributed by atoms with Crippen molar-refractivity contribution >= 4 is 18.0 Å². The number of unbranched alkanes of at least 4 members (excludes halogenated alkanes) is 8. The number of esters is 2. The fourth-order valence-electron chi connectivity index (χ4n) is 3.34. The summed E-state index contributed by atoms with van der Waals surface area (Å²) in [5.41, 5.74) is 1.32. The van der Waals surface area contributed by atoms with Crippen LogP contribution >= 0.6 is 0 Å². The van der Waals surface area contributed by atoms with E-state index in [9.17, 15) is 9.59 Å². The molecule has 1 aromatic rings. The van der Waals surface area contributed by atoms with Crippen LogP contribution in [-0.4, -0.2) is 38.4 Å². The Hall–Kier alpha value is -2.76. The maximum Gasteiger partial charge on any atom is 0.333 e. The first-order valence-corrected chi connectivity index (χ1v) is 13.0. The number of carbonyl (C=O) groups is 2. The number of carbonyl (C=O) groups excluding carboxylic acids is 2. The number of hydrogen-bond donors (Lipinski definition) is 0. The second kappa shape index (κ2) is 19.5. The van der Waals surface area contributed by atoms with E-state index in [4.69, 9.17) is 18.9 Å². The van der Waals surface area contributed by atoms with Gasteiger partial charge in [-0.25, -0.2) is 9.59 Å². The Morgan fingerprint density at radius 2 is 1.40 bits per heavy atom. The van der Waals surface area contributed by atoms with E-state index in [1.165, 1.54) is 25.3 Å². The standard InChI is InChI=1S/C29H44O6/c1-5-20-33-27-23-25(16-18-26(27)32-6-2)17-19-28(30)34-21-14-12-10-8-7-9-11-13-15-22-35-29(31)24(3)4/h16-19,23H,3,5-15,20-22H2,1-2,4H3/b19-17+. The first kappa shape index (κ1) is 30.3. The molecule has 0 radical (unpaired) electrons. The van der Waals surface area contributed by atoms with Crippen molar-refractivity contribution in [3.63, 3.8) is 0 Å². The molecule has 0 aliphatic rings. The van der Waals surface area contributed by atoms with E-state index in [2.05, 4.69) is 13.5 Å². The van der Waals surface area contributed by atoms with Crippen molar-refractivity contribution in [1.82, 2.24) is 0 Å². The van der Waals surface area contributed by atoms with Gasteiger partial charge in [-0.3, -0.25) is 0 Å². The third-order valence-electron chi connectivity index (χ3n) is 5.26. The van der Waals surface area contributed by atoms with Crippen LogP contribution in [0.4, 0.5) is 0 Å². The van der Waals surface area contributed by atoms with Crippen LogP contribution in [0, 0.1) is 0 Å². The fourth-order valence-corrected chi connectivity index (χ4v) is 3.34. The maximum atomic E-state index is 12.0. The highest BCUT2D eigenvalue weighted by Gasteiger charge is 2.06. The monoisotopic (exact) mass is 488 g/mol. The van der Waals surface area contributed by atoms with E-state index in [0.717, 1.165) is 50.5 Å². The van der Waals surface area contributed by atoms with Crippen molar-refractivity contribution in [2.45, 2.75) is 85.0 Å². The molecule has 0 aromatic heterocycles. The Labute approximate surface area is 211 Å². The van der Waals surface area contributed by atoms with Crippen molar-refractivity contribution in [2.24, 2.45) is 0 Å². The third kappa shape index (κ3) is 15.0. The second-order valence-corrected chi connectivity index (χ2v) is 8.59. The first-order chi connectivity index (χ1) is 17.0. The molecule has 0 heterocycles. The second-order valence-electron chi connectivity index (χ2n) is 8.59. The molecule has 6 heteroatoms. The minimum atomic E-state index is -0.330. The van der Waals surface area contributed by atoms with E-state index in [0.29, 0.717) is 43.5 Å². The van der Waals surface area contributed by atoms with Crippen LogP contribution in [0.25, 0.3) is 6.08 Å². The molecule has 0 atom stereocenters. The topological polar surface area (TPSA) is 71.1 Å². The Morgan fingerprint density at radius 3 is 1.97 bits per heavy atom. The van der Waals surface area contributed by atoms with Crippen LogP contribution in [0.15, 0.2) is 36.4 Å². The van der Waals surface area contributed by atoms with E-state index < -0.39 is 0 Å². The lowest BCUT2D eigenvalue weighted by molar-refractivity contribution is -0.139. The Morgan fingerprint density at radius 1 is 0.800 bits per heavy atom. The van der Waals surface area contributed by atoms with Gasteiger partial charge in [-0.2, -0.15) is 0 Å². The van der Waals surface area contributed by atoms with Gasteiger partial charge in [0, 0.05) is 11.6 Å². The van der Waals surface area contributed by atoms with E-state index in [1.54, 1.807) is 13.0 Å². The average molecular weight is 489 g/mol. The minimum absolute atomic E-state index is 0.300. The Balaban J connectivity index is 2.10. The Kier molecular flexibility index (Phi) is 16.9. The summed E-state index contributed by atoms with van der Waals surface area (Å²) in [6.45, 7) is 11.3. The van der Waals surface area contributed by atoms with Crippen LogP contribution in [-0.2, 0) is 19.1 Å². The molecule has 0 saturated heterocycles. The zero-order chi connectivity index (χ0) is 25.7. The Bertz CT molecular complexity index is 783. The quantitative estimate of drug-likeness (QED) is 0.111. The van der Waals surface area contributed by atoms with Gasteiger partial charge in [-0.15, -0.1) is 0 Å². The van der Waals surface area contributed by atoms with Crippen LogP contribution in [0.3, 0.4) is 0 Å². The summed E-state index contributed by atoms with van der Waals surface area (Å²) in [7, 11) is 0. The lowest BCUT2D eigenvalue weighted by Crippen LogP contribution is -2.05. The highest BCUT2D eigenvalue weighted by Crippen LogP contribution is 2.29. The zero-order valence-corrected chi connectivity index (χ0v) is 21.9. The first-order valence-electron chi connectivity index (χ1n) is 13.0. The van der Waals surface area contributed by atoms with Crippen molar-refractivity contribution in [3.05, 3.63) is 42.0 Å². The molecule has 0 saturated carbocycles. The number of ether oxygens (including phenoxy) is 4. The summed E-state index contributed by atoms with van der Waals surface area (Å²) in [6.07, 6.45) is 13.9. The molecule has 0 aliphatic heterocycles. The molecule has 0 aliphatic carbocycles. The molecule has 1 aromatic carbocycles. The molecule has 0 fully saturated rings. The number of hydrogen-bond acceptors (Lipinski definition) is 6. The summed E-state index contributed by atoms with van der Waals surface area (Å²) >= 11 is 0. The smallest absolute Gasteiger partial charge is 0.333 e. The van der Waals surface area contributed by atoms with Crippen molar-refractivity contribution in [3.8, 4) is 11.5 Å². The summed E-state index contributed by atoms with van der Waals surface area (Å²) < 4.78 is 21.7. The van der Waals surface area contributed by atoms with Crippen LogP contribution < -0.4 is 9.47 Å². The highest BCUT2D eigenvalue weighted by atomic mass is 16.5. The molecule has 0 amide bonds. The largest absolute Gasteiger partial charge is 0.490 e. The summed E-state index contributed by atoms with van der Waals surface area (Å²) in [6, 6.07) is 5.64. The number of benzene rings is 1. The fraction of sp³-hybridized carbons (Fsp3) is 0.586. The molecular weight excluding hydrogens is 444 g/mol. The predicted molar refractivity (Wildman–Crippen MR) is 141 cm³/mol. The van der Waals surface area contributed by atoms with Crippen molar-refractivity contribution in [2.75, 3.05) is 26.4 Å². The lowest BCUT2D eigenvalue weighted by Gasteiger charge is -2.12. The number of rotatable bonds is 20. The third-order valence-corrected chi connectivity index (χ3v) is 5.26. The molecular formula is C29H44O6. The summed E-state index contributed by atoms with van der Waals surface area (Å²) in [5.74, 6) is 0.769. The highest BCUT2D eigenvalue weighted by molar-refractivity contribution is 5.87. The van der Waals surface area contributed by atoms with Gasteiger partial charge in [-0.1, -0.05) is 64.5 Å². The maximum absolute atomic E-state index is 12.0. The molecule has 196 valence electrons. The van der Waals surface area contributed by atoms with Gasteiger partial charge in [-0.05, 0) is 56.9 Å². The van der Waals surface area contributed by atoms with E-state index in [-0.39, 0.29) is 11.9 Å². The van der Waals surface area contributed by atoms with Gasteiger partial charge < -0.3 is 18.9 Å². The van der Waals surface area contributed by atoms with Gasteiger partial charge in [0.1, 0.15) is 0 Å². The van der Waals surface area contributed by atoms with Crippen molar-refractivity contribution < 1.29 is 28.5 Å². The van der Waals surface area contributed by atoms with Crippen molar-refractivity contribution in [1.29, 1.82) is 0 Å². The van der Waals surface area contributed by atoms with Gasteiger partial charge in [0.15, 0.2) is 11.5 Å². The molecule has 0 N–H and O–H groups in total. The van der Waals surface area contributed by atoms with Gasteiger partial charge >= 0.3 is 11.9 Å². The van der Waals surface area contributed by atoms with E-state index >= 15 is 0 Å². The minimum Gasteiger partial charge on any atom is -0.490 e. The molecule has 6 nitrogen and oxygen atoms in total. The zero-order valence-electron chi connectivity index (χ0n) is 21.9. The normalized spacial score (nSPS) is 10.8. The molecule has 0 spiro atoms. The SMILES string of the molecule is C=C(C)C(=O)OCCCCCCCCCCCOC(=O)/C=C/c1ccc(OCC)c(OCCC)c1. The van der Waals surface area contributed by atoms with Crippen LogP contribution in [0.2, 0.25) is 0 Å². The molecule has 35 heavy (non-hydrogen) atoms. The molecule has 0 unspecified atom stereocenters. The van der Waals surface area contributed by atoms with Gasteiger partial charge in [0.05, 0.1) is 26.4 Å². The van der Waals surface area contributed by atoms with Crippen LogP contribution in [0.1, 0.15) is 90.5 Å². The summed E-state index contributed by atoms with van der Waals surface area (Å²) in [5, 5.41) is 0. The van der Waals surface area contributed by atoms with Crippen LogP contribution in [0.5, 0.6) is 11.5 Å². The lowest BCUT2D eigenvalue weighted by atomic mass is 10.1. The summed E-state index contributed by atoms with van der Waals surface area (Å²) in [4.78, 5) is 23.3. The molecule has 1 rings (SSSR count). The molecule has 0 bridgehead atoms. The predicted octanol–water partition coefficient (Wildman–Crippen LogP) is 7.06. The average Bonchev–Trinajstić information content (AvgIpc) is 2.85. The van der Waals surface area contributed by atoms with E-state index in [1.807, 2.05) is 25.1 Å². The van der Waals surface area contributed by atoms with Gasteiger partial charge in [0.25, 0.3) is 0 Å². The van der Waals surface area contributed by atoms with Gasteiger partial charge in [0.2, 0.25) is 0 Å².